The average Bonchev–Trinajstić information content (AvgIpc) is 2.60. The summed E-state index contributed by atoms with van der Waals surface area (Å²) < 4.78 is 1.46. The number of nitrogens with one attached hydrogen (secondary N) is 2. The van der Waals surface area contributed by atoms with Gasteiger partial charge in [0.05, 0.1) is 54.4 Å². The maximum absolute atomic E-state index is 10.4. The Morgan fingerprint density at radius 2 is 1.46 bits per heavy atom. The number of hydroxylamine groups is 2. The van der Waals surface area contributed by atoms with Crippen LogP contribution in [0.2, 0.25) is 0 Å². The standard InChI is InChI=1S/C11H20N2O4.C8H17N2O/c1-3-17-12-6-4-7-13(2,9-10-14)8-5-11(15)16;1-5-11-9-7-6-8-10(2,3)4/h1,12,14H,4-10H2,2H3;1,9H,6-8H2,2-4H3/q;+1. The number of hydrogen-bond donors (Lipinski definition) is 3. The number of terminal acetylenes is 2. The summed E-state index contributed by atoms with van der Waals surface area (Å²) in [6.07, 6.45) is 15.6. The summed E-state index contributed by atoms with van der Waals surface area (Å²) in [5, 5.41) is 19.4. The molecule has 0 aromatic carbocycles. The molecule has 0 aliphatic heterocycles. The molecule has 9 nitrogen and oxygen atoms in total. The van der Waals surface area contributed by atoms with Gasteiger partial charge in [0.2, 0.25) is 0 Å². The van der Waals surface area contributed by atoms with Crippen LogP contribution in [0, 0.1) is 25.1 Å². The summed E-state index contributed by atoms with van der Waals surface area (Å²) in [7, 11) is 8.37. The number of aliphatic hydroxyl groups is 1. The summed E-state index contributed by atoms with van der Waals surface area (Å²) in [6.45, 7) is 4.21. The molecule has 0 aromatic heterocycles. The van der Waals surface area contributed by atoms with Gasteiger partial charge >= 0.3 is 0 Å². The highest BCUT2D eigenvalue weighted by atomic mass is 16.6. The van der Waals surface area contributed by atoms with Crippen molar-refractivity contribution in [3.63, 3.8) is 0 Å². The number of rotatable bonds is 15. The van der Waals surface area contributed by atoms with Crippen molar-refractivity contribution in [2.45, 2.75) is 19.3 Å². The molecule has 9 heteroatoms. The smallest absolute Gasteiger partial charge is 0.134 e. The largest absolute Gasteiger partial charge is 0.550 e. The van der Waals surface area contributed by atoms with Crippen LogP contribution in [-0.2, 0) is 14.5 Å². The summed E-state index contributed by atoms with van der Waals surface area (Å²) in [5.74, 6) is -1.07. The molecule has 0 aliphatic rings. The Labute approximate surface area is 169 Å². The maximum Gasteiger partial charge on any atom is 0.134 e. The zero-order valence-electron chi connectivity index (χ0n) is 17.7. The van der Waals surface area contributed by atoms with Crippen molar-refractivity contribution in [2.24, 2.45) is 0 Å². The Morgan fingerprint density at radius 1 is 0.964 bits per heavy atom. The van der Waals surface area contributed by atoms with E-state index in [0.29, 0.717) is 24.1 Å². The number of quaternary nitrogens is 2. The molecule has 0 amide bonds. The van der Waals surface area contributed by atoms with Gasteiger partial charge in [0.1, 0.15) is 18.8 Å². The summed E-state index contributed by atoms with van der Waals surface area (Å²) in [5.41, 5.74) is 5.24. The van der Waals surface area contributed by atoms with Gasteiger partial charge in [-0.3, -0.25) is 0 Å². The average molecular weight is 402 g/mol. The Kier molecular flexibility index (Phi) is 17.2. The first-order valence-electron chi connectivity index (χ1n) is 9.23. The van der Waals surface area contributed by atoms with E-state index in [0.717, 1.165) is 37.0 Å². The van der Waals surface area contributed by atoms with Gasteiger partial charge in [-0.15, -0.1) is 11.0 Å². The molecule has 0 radical (unpaired) electrons. The Hall–Kier alpha value is -2.01. The molecule has 1 atom stereocenters. The fraction of sp³-hybridized carbons (Fsp3) is 0.737. The van der Waals surface area contributed by atoms with E-state index >= 15 is 0 Å². The molecule has 0 bridgehead atoms. The van der Waals surface area contributed by atoms with E-state index in [-0.39, 0.29) is 13.0 Å². The lowest BCUT2D eigenvalue weighted by atomic mass is 10.2. The maximum atomic E-state index is 10.4. The summed E-state index contributed by atoms with van der Waals surface area (Å²) >= 11 is 0. The Balaban J connectivity index is 0. The lowest BCUT2D eigenvalue weighted by Crippen LogP contribution is -2.49. The van der Waals surface area contributed by atoms with Crippen molar-refractivity contribution in [1.82, 2.24) is 11.0 Å². The number of carboxylic acid groups (broad SMARTS) is 1. The predicted molar refractivity (Wildman–Crippen MR) is 105 cm³/mol. The van der Waals surface area contributed by atoms with Gasteiger partial charge < -0.3 is 33.6 Å². The second kappa shape index (κ2) is 17.1. The highest BCUT2D eigenvalue weighted by molar-refractivity contribution is 5.64. The van der Waals surface area contributed by atoms with Gasteiger partial charge in [-0.2, -0.15) is 0 Å². The van der Waals surface area contributed by atoms with Gasteiger partial charge in [0, 0.05) is 38.3 Å². The minimum atomic E-state index is -1.07. The van der Waals surface area contributed by atoms with Crippen LogP contribution in [0.4, 0.5) is 0 Å². The second-order valence-corrected chi connectivity index (χ2v) is 7.59. The van der Waals surface area contributed by atoms with E-state index in [1.807, 2.05) is 19.3 Å². The zero-order valence-corrected chi connectivity index (χ0v) is 17.7. The van der Waals surface area contributed by atoms with Crippen LogP contribution in [0.25, 0.3) is 0 Å². The number of carbonyl (C=O) groups is 1. The van der Waals surface area contributed by atoms with Crippen molar-refractivity contribution in [1.29, 1.82) is 0 Å². The summed E-state index contributed by atoms with van der Waals surface area (Å²) in [4.78, 5) is 19.5. The minimum absolute atomic E-state index is 0.00914. The van der Waals surface area contributed by atoms with Crippen molar-refractivity contribution in [3.8, 4) is 25.1 Å². The molecule has 0 saturated heterocycles. The molecule has 0 heterocycles. The van der Waals surface area contributed by atoms with Crippen LogP contribution >= 0.6 is 0 Å². The SMILES string of the molecule is C#CONCCC[N+](C)(C)C.C#CONCCC[N+](C)(CCO)CCC(=O)[O-]. The fourth-order valence-corrected chi connectivity index (χ4v) is 2.28. The third-order valence-corrected chi connectivity index (χ3v) is 3.84. The van der Waals surface area contributed by atoms with Crippen LogP contribution < -0.4 is 16.1 Å². The van der Waals surface area contributed by atoms with Crippen LogP contribution in [0.3, 0.4) is 0 Å². The van der Waals surface area contributed by atoms with Crippen LogP contribution in [0.1, 0.15) is 19.3 Å². The van der Waals surface area contributed by atoms with E-state index < -0.39 is 5.97 Å². The van der Waals surface area contributed by atoms with Crippen molar-refractivity contribution < 1.29 is 33.6 Å². The Bertz CT molecular complexity index is 482. The van der Waals surface area contributed by atoms with E-state index in [2.05, 4.69) is 41.8 Å². The van der Waals surface area contributed by atoms with E-state index in [9.17, 15) is 9.90 Å². The molecule has 162 valence electrons. The zero-order chi connectivity index (χ0) is 21.9. The van der Waals surface area contributed by atoms with E-state index in [4.69, 9.17) is 18.0 Å². The number of aliphatic carboxylic acids is 1. The number of hydrogen-bond acceptors (Lipinski definition) is 7. The highest BCUT2D eigenvalue weighted by Crippen LogP contribution is 2.05. The van der Waals surface area contributed by atoms with Crippen molar-refractivity contribution in [3.05, 3.63) is 0 Å². The number of aliphatic hydroxyl groups excluding tert-OH is 1. The summed E-state index contributed by atoms with van der Waals surface area (Å²) in [6, 6.07) is 0. The van der Waals surface area contributed by atoms with E-state index in [1.165, 1.54) is 0 Å². The third-order valence-electron chi connectivity index (χ3n) is 3.84. The normalized spacial score (nSPS) is 12.5. The number of carbonyl (C=O) groups excluding carboxylic acids is 1. The van der Waals surface area contributed by atoms with Crippen molar-refractivity contribution >= 4 is 5.97 Å². The predicted octanol–water partition coefficient (Wildman–Crippen LogP) is -1.74. The van der Waals surface area contributed by atoms with Crippen LogP contribution in [0.15, 0.2) is 0 Å². The molecule has 0 aromatic rings. The lowest BCUT2D eigenvalue weighted by Gasteiger charge is -2.34. The first-order chi connectivity index (χ1) is 13.1. The van der Waals surface area contributed by atoms with Crippen LogP contribution in [0.5, 0.6) is 0 Å². The first kappa shape index (κ1) is 28.2. The van der Waals surface area contributed by atoms with Crippen molar-refractivity contribution in [2.75, 3.05) is 74.1 Å². The highest BCUT2D eigenvalue weighted by Gasteiger charge is 2.20. The van der Waals surface area contributed by atoms with E-state index in [1.54, 1.807) is 0 Å². The molecular weight excluding hydrogens is 364 g/mol. The van der Waals surface area contributed by atoms with Gasteiger partial charge in [-0.05, 0) is 0 Å². The minimum Gasteiger partial charge on any atom is -0.550 e. The third kappa shape index (κ3) is 22.0. The second-order valence-electron chi connectivity index (χ2n) is 7.59. The lowest BCUT2D eigenvalue weighted by molar-refractivity contribution is -0.909. The molecule has 3 N–H and O–H groups in total. The van der Waals surface area contributed by atoms with Gasteiger partial charge in [-0.25, -0.2) is 0 Å². The molecule has 28 heavy (non-hydrogen) atoms. The number of likely N-dealkylation sites (N-methyl/N-ethyl adjacent to an activating group) is 1. The number of nitrogens with zero attached hydrogens (tertiary/aromatic N) is 2. The topological polar surface area (TPSA) is 103 Å². The Morgan fingerprint density at radius 3 is 1.86 bits per heavy atom. The van der Waals surface area contributed by atoms with Gasteiger partial charge in [0.25, 0.3) is 0 Å². The van der Waals surface area contributed by atoms with Gasteiger partial charge in [0.15, 0.2) is 0 Å². The van der Waals surface area contributed by atoms with Crippen LogP contribution in [-0.4, -0.2) is 94.1 Å². The monoisotopic (exact) mass is 401 g/mol. The molecule has 0 aliphatic carbocycles. The molecule has 0 saturated carbocycles. The molecule has 0 fully saturated rings. The molecule has 1 unspecified atom stereocenters. The molecular formula is C19H37N4O5+. The first-order valence-corrected chi connectivity index (χ1v) is 9.23. The number of carboxylic acids is 1. The molecule has 0 rings (SSSR count). The quantitative estimate of drug-likeness (QED) is 0.130. The fourth-order valence-electron chi connectivity index (χ4n) is 2.28. The van der Waals surface area contributed by atoms with Gasteiger partial charge in [-0.1, -0.05) is 12.8 Å². The molecule has 0 spiro atoms.